The van der Waals surface area contributed by atoms with E-state index in [-0.39, 0.29) is 18.2 Å². The molecule has 9 heteroatoms. The molecule has 1 N–H and O–H groups in total. The second kappa shape index (κ2) is 9.72. The molecule has 0 aromatic heterocycles. The molecular weight excluding hydrogens is 359 g/mol. The van der Waals surface area contributed by atoms with E-state index in [9.17, 15) is 12.8 Å². The van der Waals surface area contributed by atoms with Crippen molar-refractivity contribution in [1.82, 2.24) is 10.2 Å². The van der Waals surface area contributed by atoms with Crippen LogP contribution in [-0.4, -0.2) is 84.3 Å². The van der Waals surface area contributed by atoms with Gasteiger partial charge in [0.2, 0.25) is 0 Å². The number of hydrogen-bond donors (Lipinski definition) is 1. The number of hydrogen-bond acceptors (Lipinski definition) is 5. The summed E-state index contributed by atoms with van der Waals surface area (Å²) in [5, 5.41) is 3.23. The van der Waals surface area contributed by atoms with E-state index in [2.05, 4.69) is 20.1 Å². The van der Waals surface area contributed by atoms with Crippen molar-refractivity contribution in [3.05, 3.63) is 30.1 Å². The van der Waals surface area contributed by atoms with Crippen LogP contribution in [0.5, 0.6) is 0 Å². The minimum atomic E-state index is -2.98. The predicted molar refractivity (Wildman–Crippen MR) is 102 cm³/mol. The van der Waals surface area contributed by atoms with E-state index in [0.717, 1.165) is 37.8 Å². The zero-order valence-electron chi connectivity index (χ0n) is 15.3. The summed E-state index contributed by atoms with van der Waals surface area (Å²) in [6, 6.07) is 6.55. The highest BCUT2D eigenvalue weighted by Crippen LogP contribution is 2.16. The van der Waals surface area contributed by atoms with Gasteiger partial charge in [0.25, 0.3) is 0 Å². The quantitative estimate of drug-likeness (QED) is 0.420. The molecule has 1 saturated heterocycles. The summed E-state index contributed by atoms with van der Waals surface area (Å²) in [6.45, 7) is 4.47. The van der Waals surface area contributed by atoms with E-state index in [1.54, 1.807) is 19.2 Å². The molecule has 1 aromatic carbocycles. The summed E-state index contributed by atoms with van der Waals surface area (Å²) in [4.78, 5) is 8.67. The second-order valence-electron chi connectivity index (χ2n) is 6.17. The van der Waals surface area contributed by atoms with Crippen LogP contribution in [0.1, 0.15) is 0 Å². The van der Waals surface area contributed by atoms with E-state index >= 15 is 0 Å². The summed E-state index contributed by atoms with van der Waals surface area (Å²) in [5.41, 5.74) is 1.02. The normalized spacial score (nSPS) is 16.0. The third-order valence-corrected chi connectivity index (χ3v) is 5.02. The Balaban J connectivity index is 1.70. The molecule has 1 heterocycles. The summed E-state index contributed by atoms with van der Waals surface area (Å²) >= 11 is 0. The van der Waals surface area contributed by atoms with Gasteiger partial charge in [-0.05, 0) is 24.3 Å². The van der Waals surface area contributed by atoms with Gasteiger partial charge in [0.15, 0.2) is 5.96 Å². The lowest BCUT2D eigenvalue weighted by Gasteiger charge is -2.37. The Kier molecular flexibility index (Phi) is 7.65. The smallest absolute Gasteiger partial charge is 0.193 e. The van der Waals surface area contributed by atoms with E-state index in [1.165, 1.54) is 18.4 Å². The van der Waals surface area contributed by atoms with Gasteiger partial charge in [-0.3, -0.25) is 4.99 Å². The van der Waals surface area contributed by atoms with Crippen LogP contribution in [0.15, 0.2) is 29.3 Å². The maximum Gasteiger partial charge on any atom is 0.193 e. The van der Waals surface area contributed by atoms with E-state index < -0.39 is 9.84 Å². The van der Waals surface area contributed by atoms with Crippen LogP contribution >= 0.6 is 0 Å². The third kappa shape index (κ3) is 6.80. The molecule has 0 aliphatic carbocycles. The standard InChI is InChI=1S/C17H27FN4O3S/c1-19-17(20-7-12-25-13-14-26(2,23)24)22-10-8-21(9-11-22)16-5-3-15(18)4-6-16/h3-6H,7-14H2,1-2H3,(H,19,20). The molecule has 0 bridgehead atoms. The van der Waals surface area contributed by atoms with Crippen LogP contribution < -0.4 is 10.2 Å². The number of benzene rings is 1. The molecule has 0 atom stereocenters. The Labute approximate surface area is 154 Å². The Bertz CT molecular complexity index is 686. The first-order chi connectivity index (χ1) is 12.4. The van der Waals surface area contributed by atoms with Gasteiger partial charge in [-0.25, -0.2) is 12.8 Å². The van der Waals surface area contributed by atoms with E-state index in [0.29, 0.717) is 13.2 Å². The first-order valence-electron chi connectivity index (χ1n) is 8.60. The molecule has 0 radical (unpaired) electrons. The molecule has 1 aromatic rings. The summed E-state index contributed by atoms with van der Waals surface area (Å²) in [7, 11) is -1.25. The molecule has 1 aliphatic rings. The summed E-state index contributed by atoms with van der Waals surface area (Å²) in [5.74, 6) is 0.610. The lowest BCUT2D eigenvalue weighted by Crippen LogP contribution is -2.53. The van der Waals surface area contributed by atoms with Gasteiger partial charge in [0.05, 0.1) is 19.0 Å². The van der Waals surface area contributed by atoms with Gasteiger partial charge in [-0.1, -0.05) is 0 Å². The molecule has 1 fully saturated rings. The fourth-order valence-corrected chi connectivity index (χ4v) is 3.13. The van der Waals surface area contributed by atoms with Crippen molar-refractivity contribution in [2.45, 2.75) is 0 Å². The summed E-state index contributed by atoms with van der Waals surface area (Å²) in [6.07, 6.45) is 1.20. The van der Waals surface area contributed by atoms with Crippen LogP contribution in [0, 0.1) is 5.82 Å². The molecule has 0 unspecified atom stereocenters. The second-order valence-corrected chi connectivity index (χ2v) is 8.43. The molecule has 1 aliphatic heterocycles. The Morgan fingerprint density at radius 3 is 2.42 bits per heavy atom. The Morgan fingerprint density at radius 1 is 1.19 bits per heavy atom. The molecule has 0 spiro atoms. The largest absolute Gasteiger partial charge is 0.379 e. The van der Waals surface area contributed by atoms with Crippen LogP contribution in [0.4, 0.5) is 10.1 Å². The van der Waals surface area contributed by atoms with Crippen LogP contribution in [0.3, 0.4) is 0 Å². The number of halogens is 1. The van der Waals surface area contributed by atoms with Crippen molar-refractivity contribution in [3.8, 4) is 0 Å². The number of nitrogens with one attached hydrogen (secondary N) is 1. The number of ether oxygens (including phenoxy) is 1. The number of guanidine groups is 1. The predicted octanol–water partition coefficient (Wildman–Crippen LogP) is 0.584. The average molecular weight is 386 g/mol. The van der Waals surface area contributed by atoms with Crippen molar-refractivity contribution in [2.24, 2.45) is 4.99 Å². The van der Waals surface area contributed by atoms with Crippen molar-refractivity contribution < 1.29 is 17.5 Å². The Morgan fingerprint density at radius 2 is 1.85 bits per heavy atom. The van der Waals surface area contributed by atoms with Crippen LogP contribution in [0.25, 0.3) is 0 Å². The lowest BCUT2D eigenvalue weighted by molar-refractivity contribution is 0.153. The zero-order chi connectivity index (χ0) is 19.0. The minimum absolute atomic E-state index is 0.0348. The van der Waals surface area contributed by atoms with Gasteiger partial charge in [-0.15, -0.1) is 0 Å². The van der Waals surface area contributed by atoms with Gasteiger partial charge >= 0.3 is 0 Å². The molecule has 7 nitrogen and oxygen atoms in total. The van der Waals surface area contributed by atoms with Crippen molar-refractivity contribution >= 4 is 21.5 Å². The SMILES string of the molecule is CN=C(NCCOCCS(C)(=O)=O)N1CCN(c2ccc(F)cc2)CC1. The maximum atomic E-state index is 13.0. The van der Waals surface area contributed by atoms with Gasteiger partial charge < -0.3 is 19.9 Å². The van der Waals surface area contributed by atoms with E-state index in [4.69, 9.17) is 4.74 Å². The number of sulfone groups is 1. The van der Waals surface area contributed by atoms with Crippen LogP contribution in [-0.2, 0) is 14.6 Å². The molecule has 0 amide bonds. The van der Waals surface area contributed by atoms with Gasteiger partial charge in [-0.2, -0.15) is 0 Å². The fourth-order valence-electron chi connectivity index (χ4n) is 2.71. The average Bonchev–Trinajstić information content (AvgIpc) is 2.61. The molecule has 2 rings (SSSR count). The first kappa shape index (κ1) is 20.4. The lowest BCUT2D eigenvalue weighted by atomic mass is 10.2. The number of rotatable bonds is 7. The van der Waals surface area contributed by atoms with Gasteiger partial charge in [0, 0.05) is 51.7 Å². The molecule has 146 valence electrons. The molecule has 0 saturated carbocycles. The van der Waals surface area contributed by atoms with Crippen molar-refractivity contribution in [2.75, 3.05) is 69.9 Å². The highest BCUT2D eigenvalue weighted by atomic mass is 32.2. The number of anilines is 1. The monoisotopic (exact) mass is 386 g/mol. The zero-order valence-corrected chi connectivity index (χ0v) is 16.1. The van der Waals surface area contributed by atoms with Crippen LogP contribution in [0.2, 0.25) is 0 Å². The topological polar surface area (TPSA) is 74.2 Å². The van der Waals surface area contributed by atoms with E-state index in [1.807, 2.05) is 0 Å². The summed E-state index contributed by atoms with van der Waals surface area (Å²) < 4.78 is 40.4. The fraction of sp³-hybridized carbons (Fsp3) is 0.588. The Hall–Kier alpha value is -1.87. The third-order valence-electron chi connectivity index (χ3n) is 4.11. The molecule has 26 heavy (non-hydrogen) atoms. The molecular formula is C17H27FN4O3S. The van der Waals surface area contributed by atoms with Crippen molar-refractivity contribution in [1.29, 1.82) is 0 Å². The van der Waals surface area contributed by atoms with Gasteiger partial charge in [0.1, 0.15) is 15.7 Å². The first-order valence-corrected chi connectivity index (χ1v) is 10.7. The minimum Gasteiger partial charge on any atom is -0.379 e. The maximum absolute atomic E-state index is 13.0. The number of piperazine rings is 1. The number of nitrogens with zero attached hydrogens (tertiary/aromatic N) is 3. The number of aliphatic imine (C=N–C) groups is 1. The van der Waals surface area contributed by atoms with Crippen molar-refractivity contribution in [3.63, 3.8) is 0 Å². The highest BCUT2D eigenvalue weighted by molar-refractivity contribution is 7.90. The highest BCUT2D eigenvalue weighted by Gasteiger charge is 2.19.